The molecule has 0 unspecified atom stereocenters. The van der Waals surface area contributed by atoms with Crippen molar-refractivity contribution in [2.75, 3.05) is 26.8 Å². The molecule has 1 amide bonds. The Bertz CT molecular complexity index is 403. The van der Waals surface area contributed by atoms with Gasteiger partial charge in [-0.3, -0.25) is 9.59 Å². The molecule has 17 heavy (non-hydrogen) atoms. The van der Waals surface area contributed by atoms with Crippen molar-refractivity contribution in [2.45, 2.75) is 0 Å². The molecule has 0 saturated carbocycles. The van der Waals surface area contributed by atoms with Gasteiger partial charge in [-0.05, 0) is 23.7 Å². The zero-order valence-corrected chi connectivity index (χ0v) is 9.94. The predicted molar refractivity (Wildman–Crippen MR) is 59.1 cm³/mol. The Kier molecular flexibility index (Phi) is 4.99. The number of furan rings is 1. The molecule has 0 aromatic carbocycles. The number of halogens is 1. The molecule has 1 N–H and O–H groups in total. The molecule has 0 aliphatic carbocycles. The van der Waals surface area contributed by atoms with Crippen molar-refractivity contribution in [2.24, 2.45) is 0 Å². The highest BCUT2D eigenvalue weighted by molar-refractivity contribution is 6.29. The molecule has 7 heteroatoms. The summed E-state index contributed by atoms with van der Waals surface area (Å²) >= 11 is 5.54. The molecule has 0 fully saturated rings. The molecular weight excluding hydrogens is 250 g/mol. The van der Waals surface area contributed by atoms with Crippen LogP contribution in [-0.4, -0.2) is 48.7 Å². The normalized spacial score (nSPS) is 10.2. The molecule has 6 nitrogen and oxygen atoms in total. The van der Waals surface area contributed by atoms with E-state index in [0.717, 1.165) is 4.90 Å². The lowest BCUT2D eigenvalue weighted by molar-refractivity contribution is -0.137. The van der Waals surface area contributed by atoms with Crippen molar-refractivity contribution in [3.05, 3.63) is 23.1 Å². The van der Waals surface area contributed by atoms with Gasteiger partial charge in [-0.2, -0.15) is 0 Å². The minimum absolute atomic E-state index is 0.00681. The van der Waals surface area contributed by atoms with E-state index in [9.17, 15) is 9.59 Å². The molecule has 0 aliphatic rings. The van der Waals surface area contributed by atoms with Gasteiger partial charge in [0.2, 0.25) is 0 Å². The third-order valence-electron chi connectivity index (χ3n) is 1.96. The second-order valence-electron chi connectivity index (χ2n) is 3.22. The van der Waals surface area contributed by atoms with E-state index in [4.69, 9.17) is 25.9 Å². The first kappa shape index (κ1) is 13.5. The van der Waals surface area contributed by atoms with Gasteiger partial charge in [0, 0.05) is 13.7 Å². The fraction of sp³-hybridized carbons (Fsp3) is 0.400. The Hall–Kier alpha value is -1.53. The summed E-state index contributed by atoms with van der Waals surface area (Å²) in [6.07, 6.45) is 0. The van der Waals surface area contributed by atoms with Crippen LogP contribution < -0.4 is 0 Å². The zero-order chi connectivity index (χ0) is 12.8. The van der Waals surface area contributed by atoms with Gasteiger partial charge in [0.15, 0.2) is 11.0 Å². The van der Waals surface area contributed by atoms with E-state index in [0.29, 0.717) is 0 Å². The number of hydrogen-bond donors (Lipinski definition) is 1. The number of methoxy groups -OCH3 is 1. The first-order valence-electron chi connectivity index (χ1n) is 4.80. The summed E-state index contributed by atoms with van der Waals surface area (Å²) in [5.41, 5.74) is 0. The number of hydrogen-bond acceptors (Lipinski definition) is 4. The largest absolute Gasteiger partial charge is 0.480 e. The van der Waals surface area contributed by atoms with Gasteiger partial charge in [0.05, 0.1) is 6.61 Å². The maximum absolute atomic E-state index is 11.9. The topological polar surface area (TPSA) is 80.0 Å². The molecule has 0 aliphatic heterocycles. The molecule has 0 radical (unpaired) electrons. The van der Waals surface area contributed by atoms with Crippen LogP contribution >= 0.6 is 11.6 Å². The van der Waals surface area contributed by atoms with Crippen molar-refractivity contribution in [3.63, 3.8) is 0 Å². The Labute approximate surface area is 103 Å². The minimum Gasteiger partial charge on any atom is -0.480 e. The SMILES string of the molecule is COCCN(CC(=O)O)C(=O)c1ccc(Cl)o1. The van der Waals surface area contributed by atoms with E-state index in [1.54, 1.807) is 0 Å². The summed E-state index contributed by atoms with van der Waals surface area (Å²) in [6.45, 7) is -0.00603. The molecular formula is C10H12ClNO5. The monoisotopic (exact) mass is 261 g/mol. The van der Waals surface area contributed by atoms with Crippen LogP contribution in [0.25, 0.3) is 0 Å². The molecule has 1 heterocycles. The molecule has 0 spiro atoms. The number of amides is 1. The number of aliphatic carboxylic acids is 1. The van der Waals surface area contributed by atoms with Gasteiger partial charge in [-0.25, -0.2) is 0 Å². The Morgan fingerprint density at radius 1 is 1.53 bits per heavy atom. The number of carboxylic acid groups (broad SMARTS) is 1. The van der Waals surface area contributed by atoms with Gasteiger partial charge >= 0.3 is 5.97 Å². The van der Waals surface area contributed by atoms with Crippen LogP contribution in [0.1, 0.15) is 10.6 Å². The standard InChI is InChI=1S/C10H12ClNO5/c1-16-5-4-12(6-9(13)14)10(15)7-2-3-8(11)17-7/h2-3H,4-6H2,1H3,(H,13,14). The van der Waals surface area contributed by atoms with Crippen LogP contribution in [0.2, 0.25) is 5.22 Å². The fourth-order valence-corrected chi connectivity index (χ4v) is 1.35. The number of ether oxygens (including phenoxy) is 1. The summed E-state index contributed by atoms with van der Waals surface area (Å²) in [5, 5.41) is 8.77. The maximum Gasteiger partial charge on any atom is 0.323 e. The highest BCUT2D eigenvalue weighted by Gasteiger charge is 2.21. The van der Waals surface area contributed by atoms with Crippen LogP contribution in [0.5, 0.6) is 0 Å². The van der Waals surface area contributed by atoms with E-state index in [2.05, 4.69) is 0 Å². The number of rotatable bonds is 6. The van der Waals surface area contributed by atoms with Crippen LogP contribution in [0.15, 0.2) is 16.5 Å². The molecule has 0 atom stereocenters. The van der Waals surface area contributed by atoms with Crippen molar-refractivity contribution < 1.29 is 23.8 Å². The summed E-state index contributed by atoms with van der Waals surface area (Å²) in [5.74, 6) is -1.63. The van der Waals surface area contributed by atoms with Gasteiger partial charge in [0.25, 0.3) is 5.91 Å². The molecule has 1 aromatic rings. The van der Waals surface area contributed by atoms with E-state index < -0.39 is 18.4 Å². The molecule has 94 valence electrons. The van der Waals surface area contributed by atoms with E-state index in [1.165, 1.54) is 19.2 Å². The Morgan fingerprint density at radius 3 is 2.71 bits per heavy atom. The van der Waals surface area contributed by atoms with E-state index in [-0.39, 0.29) is 24.1 Å². The van der Waals surface area contributed by atoms with Gasteiger partial charge in [0.1, 0.15) is 6.54 Å². The first-order valence-corrected chi connectivity index (χ1v) is 5.17. The van der Waals surface area contributed by atoms with Crippen molar-refractivity contribution in [3.8, 4) is 0 Å². The quantitative estimate of drug-likeness (QED) is 0.830. The lowest BCUT2D eigenvalue weighted by Crippen LogP contribution is -2.37. The van der Waals surface area contributed by atoms with Crippen LogP contribution in [0.4, 0.5) is 0 Å². The average Bonchev–Trinajstić information content (AvgIpc) is 2.69. The van der Waals surface area contributed by atoms with Gasteiger partial charge < -0.3 is 19.2 Å². The smallest absolute Gasteiger partial charge is 0.323 e. The highest BCUT2D eigenvalue weighted by Crippen LogP contribution is 2.14. The van der Waals surface area contributed by atoms with Crippen LogP contribution in [-0.2, 0) is 9.53 Å². The van der Waals surface area contributed by atoms with Crippen molar-refractivity contribution in [1.82, 2.24) is 4.90 Å². The second kappa shape index (κ2) is 6.27. The van der Waals surface area contributed by atoms with E-state index in [1.807, 2.05) is 0 Å². The molecule has 0 bridgehead atoms. The van der Waals surface area contributed by atoms with E-state index >= 15 is 0 Å². The second-order valence-corrected chi connectivity index (χ2v) is 3.59. The molecule has 0 saturated heterocycles. The van der Waals surface area contributed by atoms with Gasteiger partial charge in [-0.15, -0.1) is 0 Å². The lowest BCUT2D eigenvalue weighted by atomic mass is 10.3. The van der Waals surface area contributed by atoms with Crippen molar-refractivity contribution in [1.29, 1.82) is 0 Å². The number of carbonyl (C=O) groups excluding carboxylic acids is 1. The fourth-order valence-electron chi connectivity index (χ4n) is 1.20. The third-order valence-corrected chi connectivity index (χ3v) is 2.17. The Balaban J connectivity index is 2.74. The summed E-state index contributed by atoms with van der Waals surface area (Å²) < 4.78 is 9.73. The number of nitrogens with zero attached hydrogens (tertiary/aromatic N) is 1. The number of carbonyl (C=O) groups is 2. The lowest BCUT2D eigenvalue weighted by Gasteiger charge is -2.18. The Morgan fingerprint density at radius 2 is 2.24 bits per heavy atom. The third kappa shape index (κ3) is 4.08. The number of carboxylic acids is 1. The van der Waals surface area contributed by atoms with Gasteiger partial charge in [-0.1, -0.05) is 0 Å². The summed E-state index contributed by atoms with van der Waals surface area (Å²) in [4.78, 5) is 23.6. The molecule has 1 aromatic heterocycles. The zero-order valence-electron chi connectivity index (χ0n) is 9.18. The summed E-state index contributed by atoms with van der Waals surface area (Å²) in [6, 6.07) is 2.82. The van der Waals surface area contributed by atoms with Crippen LogP contribution in [0, 0.1) is 0 Å². The predicted octanol–water partition coefficient (Wildman–Crippen LogP) is 1.11. The first-order chi connectivity index (χ1) is 8.04. The summed E-state index contributed by atoms with van der Waals surface area (Å²) in [7, 11) is 1.47. The maximum atomic E-state index is 11.9. The molecule has 1 rings (SSSR count). The highest BCUT2D eigenvalue weighted by atomic mass is 35.5. The van der Waals surface area contributed by atoms with Crippen LogP contribution in [0.3, 0.4) is 0 Å². The minimum atomic E-state index is -1.10. The van der Waals surface area contributed by atoms with Crippen molar-refractivity contribution >= 4 is 23.5 Å². The average molecular weight is 262 g/mol.